The fraction of sp³-hybridized carbons (Fsp3) is 0.321. The predicted octanol–water partition coefficient (Wildman–Crippen LogP) is 2.84. The second-order valence-corrected chi connectivity index (χ2v) is 10.4. The Bertz CT molecular complexity index is 1390. The van der Waals surface area contributed by atoms with Crippen LogP contribution in [0, 0.1) is 5.92 Å². The molecule has 1 fully saturated rings. The summed E-state index contributed by atoms with van der Waals surface area (Å²) in [5.41, 5.74) is 2.98. The van der Waals surface area contributed by atoms with E-state index in [1.165, 1.54) is 0 Å². The number of hydrogen-bond donors (Lipinski definition) is 5. The number of benzene rings is 2. The number of para-hydroxylation sites is 1. The molecular formula is C28H31N5O3S. The Morgan fingerprint density at radius 2 is 1.73 bits per heavy atom. The average molecular weight is 518 g/mol. The van der Waals surface area contributed by atoms with Crippen molar-refractivity contribution in [2.75, 3.05) is 13.1 Å². The second kappa shape index (κ2) is 11.6. The SMILES string of the molecule is O=CNC(Cc1csc2ccccc12)NC(=O)C(Cc1c[nH]c2ccccc12)NC(=O)C1CCNCC1. The Morgan fingerprint density at radius 3 is 2.54 bits per heavy atom. The highest BCUT2D eigenvalue weighted by Gasteiger charge is 2.29. The quantitative estimate of drug-likeness (QED) is 0.164. The van der Waals surface area contributed by atoms with Crippen molar-refractivity contribution < 1.29 is 14.4 Å². The first kappa shape index (κ1) is 25.0. The van der Waals surface area contributed by atoms with E-state index in [1.54, 1.807) is 11.3 Å². The molecule has 1 saturated heterocycles. The predicted molar refractivity (Wildman–Crippen MR) is 146 cm³/mol. The van der Waals surface area contributed by atoms with Crippen molar-refractivity contribution in [2.24, 2.45) is 5.92 Å². The van der Waals surface area contributed by atoms with Crippen LogP contribution in [0.15, 0.2) is 60.1 Å². The number of thiophene rings is 1. The van der Waals surface area contributed by atoms with Crippen molar-refractivity contribution in [3.8, 4) is 0 Å². The van der Waals surface area contributed by atoms with E-state index in [-0.39, 0.29) is 17.7 Å². The first-order valence-electron chi connectivity index (χ1n) is 12.6. The van der Waals surface area contributed by atoms with E-state index in [9.17, 15) is 14.4 Å². The zero-order valence-electron chi connectivity index (χ0n) is 20.5. The minimum atomic E-state index is -0.781. The monoisotopic (exact) mass is 517 g/mol. The summed E-state index contributed by atoms with van der Waals surface area (Å²) in [6, 6.07) is 15.2. The molecule has 4 aromatic rings. The summed E-state index contributed by atoms with van der Waals surface area (Å²) in [7, 11) is 0. The van der Waals surface area contributed by atoms with Crippen LogP contribution in [0.2, 0.25) is 0 Å². The maximum Gasteiger partial charge on any atom is 0.244 e. The number of rotatable bonds is 10. The Morgan fingerprint density at radius 1 is 0.973 bits per heavy atom. The number of aromatic nitrogens is 1. The van der Waals surface area contributed by atoms with Gasteiger partial charge < -0.3 is 26.3 Å². The summed E-state index contributed by atoms with van der Waals surface area (Å²) in [6.45, 7) is 1.58. The lowest BCUT2D eigenvalue weighted by atomic mass is 9.96. The van der Waals surface area contributed by atoms with Crippen LogP contribution in [0.1, 0.15) is 24.0 Å². The van der Waals surface area contributed by atoms with Gasteiger partial charge in [-0.2, -0.15) is 0 Å². The molecule has 3 heterocycles. The fourth-order valence-electron chi connectivity index (χ4n) is 5.02. The fourth-order valence-corrected chi connectivity index (χ4v) is 6.00. The third-order valence-corrected chi connectivity index (χ3v) is 8.03. The van der Waals surface area contributed by atoms with Gasteiger partial charge in [-0.1, -0.05) is 36.4 Å². The molecule has 5 rings (SSSR count). The molecule has 8 nitrogen and oxygen atoms in total. The zero-order chi connectivity index (χ0) is 25.6. The lowest BCUT2D eigenvalue weighted by Crippen LogP contribution is -2.55. The Hall–Kier alpha value is -3.69. The van der Waals surface area contributed by atoms with Crippen LogP contribution in [0.5, 0.6) is 0 Å². The molecule has 2 unspecified atom stereocenters. The molecule has 2 aromatic carbocycles. The first-order valence-corrected chi connectivity index (χ1v) is 13.5. The molecule has 5 N–H and O–H groups in total. The number of aromatic amines is 1. The molecule has 0 spiro atoms. The van der Waals surface area contributed by atoms with E-state index < -0.39 is 12.2 Å². The minimum Gasteiger partial charge on any atom is -0.361 e. The van der Waals surface area contributed by atoms with Gasteiger partial charge in [-0.3, -0.25) is 14.4 Å². The zero-order valence-corrected chi connectivity index (χ0v) is 21.3. The normalized spacial score (nSPS) is 15.8. The molecule has 1 aliphatic heterocycles. The number of amides is 3. The van der Waals surface area contributed by atoms with Gasteiger partial charge in [0.2, 0.25) is 18.2 Å². The van der Waals surface area contributed by atoms with Crippen molar-refractivity contribution in [3.05, 3.63) is 71.2 Å². The summed E-state index contributed by atoms with van der Waals surface area (Å²) in [4.78, 5) is 41.4. The van der Waals surface area contributed by atoms with Crippen LogP contribution in [-0.4, -0.2) is 48.5 Å². The Balaban J connectivity index is 1.35. The molecule has 0 saturated carbocycles. The van der Waals surface area contributed by atoms with Crippen LogP contribution in [0.25, 0.3) is 21.0 Å². The summed E-state index contributed by atoms with van der Waals surface area (Å²) in [5, 5.41) is 16.2. The highest BCUT2D eigenvalue weighted by atomic mass is 32.1. The molecule has 1 aliphatic rings. The van der Waals surface area contributed by atoms with Crippen molar-refractivity contribution >= 4 is 50.6 Å². The van der Waals surface area contributed by atoms with Crippen LogP contribution in [0.3, 0.4) is 0 Å². The summed E-state index contributed by atoms with van der Waals surface area (Å²) < 4.78 is 1.15. The average Bonchev–Trinajstić information content (AvgIpc) is 3.53. The number of carbonyl (C=O) groups excluding carboxylic acids is 3. The van der Waals surface area contributed by atoms with E-state index in [2.05, 4.69) is 37.7 Å². The number of fused-ring (bicyclic) bond motifs is 2. The molecule has 2 atom stereocenters. The van der Waals surface area contributed by atoms with Gasteiger partial charge in [-0.15, -0.1) is 11.3 Å². The van der Waals surface area contributed by atoms with Crippen molar-refractivity contribution in [2.45, 2.75) is 37.9 Å². The van der Waals surface area contributed by atoms with Crippen molar-refractivity contribution in [3.63, 3.8) is 0 Å². The molecule has 0 radical (unpaired) electrons. The van der Waals surface area contributed by atoms with Crippen molar-refractivity contribution in [1.82, 2.24) is 26.3 Å². The lowest BCUT2D eigenvalue weighted by molar-refractivity contribution is -0.132. The van der Waals surface area contributed by atoms with E-state index in [4.69, 9.17) is 0 Å². The molecule has 0 bridgehead atoms. The molecule has 37 heavy (non-hydrogen) atoms. The Labute approximate surface area is 219 Å². The molecule has 9 heteroatoms. The summed E-state index contributed by atoms with van der Waals surface area (Å²) >= 11 is 1.63. The van der Waals surface area contributed by atoms with Gasteiger partial charge in [-0.05, 0) is 60.0 Å². The smallest absolute Gasteiger partial charge is 0.244 e. The molecule has 0 aliphatic carbocycles. The number of H-pyrrole nitrogens is 1. The van der Waals surface area contributed by atoms with Gasteiger partial charge in [0.25, 0.3) is 0 Å². The van der Waals surface area contributed by atoms with Gasteiger partial charge in [0.05, 0.1) is 0 Å². The lowest BCUT2D eigenvalue weighted by Gasteiger charge is -2.26. The largest absolute Gasteiger partial charge is 0.361 e. The van der Waals surface area contributed by atoms with Gasteiger partial charge in [0.15, 0.2) is 0 Å². The van der Waals surface area contributed by atoms with Crippen LogP contribution < -0.4 is 21.3 Å². The van der Waals surface area contributed by atoms with E-state index >= 15 is 0 Å². The third-order valence-electron chi connectivity index (χ3n) is 7.01. The summed E-state index contributed by atoms with van der Waals surface area (Å²) in [5.74, 6) is -0.558. The van der Waals surface area contributed by atoms with Crippen LogP contribution >= 0.6 is 11.3 Å². The second-order valence-electron chi connectivity index (χ2n) is 9.46. The van der Waals surface area contributed by atoms with Gasteiger partial charge in [0.1, 0.15) is 12.2 Å². The van der Waals surface area contributed by atoms with Crippen LogP contribution in [-0.2, 0) is 27.2 Å². The van der Waals surface area contributed by atoms with E-state index in [1.807, 2.05) is 48.7 Å². The molecule has 3 amide bonds. The maximum absolute atomic E-state index is 13.6. The number of carbonyl (C=O) groups is 3. The van der Waals surface area contributed by atoms with Gasteiger partial charge in [0, 0.05) is 40.6 Å². The standard InChI is InChI=1S/C28H31N5O3S/c34-17-31-26(14-20-16-37-25-8-4-2-6-22(20)25)33-28(36)24(32-27(35)18-9-11-29-12-10-18)13-19-15-30-23-7-3-1-5-21(19)23/h1-8,15-18,24,26,29-30H,9-14H2,(H,31,34)(H,32,35)(H,33,36). The Kier molecular flexibility index (Phi) is 7.82. The number of nitrogens with one attached hydrogen (secondary N) is 5. The highest BCUT2D eigenvalue weighted by Crippen LogP contribution is 2.26. The van der Waals surface area contributed by atoms with E-state index in [0.717, 1.165) is 58.0 Å². The molecule has 192 valence electrons. The number of hydrogen-bond acceptors (Lipinski definition) is 5. The summed E-state index contributed by atoms with van der Waals surface area (Å²) in [6.07, 6.45) is 4.14. The molecule has 2 aromatic heterocycles. The van der Waals surface area contributed by atoms with Crippen molar-refractivity contribution in [1.29, 1.82) is 0 Å². The number of piperidine rings is 1. The third kappa shape index (κ3) is 5.84. The first-order chi connectivity index (χ1) is 18.1. The minimum absolute atomic E-state index is 0.106. The highest BCUT2D eigenvalue weighted by molar-refractivity contribution is 7.17. The topological polar surface area (TPSA) is 115 Å². The van der Waals surface area contributed by atoms with Gasteiger partial charge in [-0.25, -0.2) is 0 Å². The molecular weight excluding hydrogens is 486 g/mol. The maximum atomic E-state index is 13.6. The van der Waals surface area contributed by atoms with E-state index in [0.29, 0.717) is 19.3 Å². The van der Waals surface area contributed by atoms with Crippen LogP contribution in [0.4, 0.5) is 0 Å². The van der Waals surface area contributed by atoms with Gasteiger partial charge >= 0.3 is 0 Å².